The zero-order valence-electron chi connectivity index (χ0n) is 12.3. The van der Waals surface area contributed by atoms with Crippen molar-refractivity contribution >= 4 is 28.6 Å². The number of nitrogens with one attached hydrogen (secondary N) is 2. The van der Waals surface area contributed by atoms with Crippen LogP contribution in [0.15, 0.2) is 29.6 Å². The lowest BCUT2D eigenvalue weighted by Gasteiger charge is -2.11. The fourth-order valence-electron chi connectivity index (χ4n) is 2.40. The second kappa shape index (κ2) is 5.97. The first-order chi connectivity index (χ1) is 10.6. The summed E-state index contributed by atoms with van der Waals surface area (Å²) in [5.41, 5.74) is 5.85. The maximum Gasteiger partial charge on any atom is 0.267 e. The largest absolute Gasteiger partial charge is 0.351 e. The smallest absolute Gasteiger partial charge is 0.267 e. The van der Waals surface area contributed by atoms with Crippen molar-refractivity contribution in [1.82, 2.24) is 20.3 Å². The number of amides is 2. The summed E-state index contributed by atoms with van der Waals surface area (Å²) in [6.07, 6.45) is 3.20. The lowest BCUT2D eigenvalue weighted by Crippen LogP contribution is -2.37. The highest BCUT2D eigenvalue weighted by Crippen LogP contribution is 2.14. The van der Waals surface area contributed by atoms with Gasteiger partial charge in [0.25, 0.3) is 5.91 Å². The fourth-order valence-corrected chi connectivity index (χ4v) is 2.40. The van der Waals surface area contributed by atoms with E-state index in [0.29, 0.717) is 25.1 Å². The van der Waals surface area contributed by atoms with Crippen LogP contribution in [-0.4, -0.2) is 33.6 Å². The molecule has 2 heterocycles. The zero-order chi connectivity index (χ0) is 15.5. The minimum absolute atomic E-state index is 0.153. The van der Waals surface area contributed by atoms with Gasteiger partial charge in [-0.2, -0.15) is 5.10 Å². The molecule has 0 aliphatic carbocycles. The Bertz CT molecular complexity index is 762. The number of aromatic nitrogens is 2. The van der Waals surface area contributed by atoms with Crippen molar-refractivity contribution in [3.8, 4) is 0 Å². The maximum absolute atomic E-state index is 11.9. The van der Waals surface area contributed by atoms with Gasteiger partial charge in [0.1, 0.15) is 5.71 Å². The molecule has 0 atom stereocenters. The van der Waals surface area contributed by atoms with Crippen LogP contribution in [0, 0.1) is 0 Å². The Morgan fingerprint density at radius 3 is 3.05 bits per heavy atom. The molecule has 3 rings (SSSR count). The van der Waals surface area contributed by atoms with Crippen molar-refractivity contribution in [2.75, 3.05) is 6.54 Å². The lowest BCUT2D eigenvalue weighted by atomic mass is 10.1. The van der Waals surface area contributed by atoms with Crippen LogP contribution < -0.4 is 10.7 Å². The van der Waals surface area contributed by atoms with Crippen LogP contribution in [0.4, 0.5) is 0 Å². The summed E-state index contributed by atoms with van der Waals surface area (Å²) in [5, 5.41) is 6.59. The van der Waals surface area contributed by atoms with Crippen molar-refractivity contribution in [3.05, 3.63) is 30.1 Å². The number of carbonyl (C=O) groups is 2. The molecule has 114 valence electrons. The van der Waals surface area contributed by atoms with Gasteiger partial charge in [0.15, 0.2) is 0 Å². The number of fused-ring (bicyclic) bond motifs is 1. The molecule has 0 bridgehead atoms. The monoisotopic (exact) mass is 299 g/mol. The highest BCUT2D eigenvalue weighted by atomic mass is 16.2. The molecule has 0 fully saturated rings. The molecule has 7 heteroatoms. The van der Waals surface area contributed by atoms with E-state index in [9.17, 15) is 9.59 Å². The molecule has 7 nitrogen and oxygen atoms in total. The summed E-state index contributed by atoms with van der Waals surface area (Å²) in [6, 6.07) is 6.09. The molecule has 2 N–H and O–H groups in total. The van der Waals surface area contributed by atoms with E-state index in [4.69, 9.17) is 0 Å². The topological polar surface area (TPSA) is 88.4 Å². The molecule has 22 heavy (non-hydrogen) atoms. The minimum atomic E-state index is -0.223. The summed E-state index contributed by atoms with van der Waals surface area (Å²) >= 11 is 0. The Hall–Kier alpha value is -2.70. The summed E-state index contributed by atoms with van der Waals surface area (Å²) < 4.78 is 1.97. The second-order valence-corrected chi connectivity index (χ2v) is 5.28. The van der Waals surface area contributed by atoms with E-state index in [0.717, 1.165) is 23.0 Å². The zero-order valence-corrected chi connectivity index (χ0v) is 12.3. The molecule has 1 aliphatic rings. The number of carbonyl (C=O) groups excluding carboxylic acids is 2. The Morgan fingerprint density at radius 1 is 1.41 bits per heavy atom. The highest BCUT2D eigenvalue weighted by molar-refractivity contribution is 6.39. The standard InChI is InChI=1S/C15H17N5O2/c1-20-9-17-12-8-10(2-4-13(12)20)6-7-16-15(22)11-3-5-14(21)19-18-11/h2,4,8-9H,3,5-7H2,1H3,(H,16,22)(H,19,21). The van der Waals surface area contributed by atoms with Gasteiger partial charge in [0, 0.05) is 26.4 Å². The van der Waals surface area contributed by atoms with Crippen LogP contribution >= 0.6 is 0 Å². The summed E-state index contributed by atoms with van der Waals surface area (Å²) in [7, 11) is 1.96. The Morgan fingerprint density at radius 2 is 2.27 bits per heavy atom. The van der Waals surface area contributed by atoms with E-state index < -0.39 is 0 Å². The molecule has 0 unspecified atom stereocenters. The van der Waals surface area contributed by atoms with E-state index in [2.05, 4.69) is 20.8 Å². The molecule has 2 amide bonds. The molecule has 0 saturated carbocycles. The van der Waals surface area contributed by atoms with Gasteiger partial charge in [-0.3, -0.25) is 9.59 Å². The van der Waals surface area contributed by atoms with Crippen LogP contribution in [0.3, 0.4) is 0 Å². The van der Waals surface area contributed by atoms with Crippen molar-refractivity contribution in [2.45, 2.75) is 19.3 Å². The van der Waals surface area contributed by atoms with E-state index in [1.165, 1.54) is 0 Å². The Balaban J connectivity index is 1.55. The van der Waals surface area contributed by atoms with Crippen LogP contribution in [0.2, 0.25) is 0 Å². The fraction of sp³-hybridized carbons (Fsp3) is 0.333. The summed E-state index contributed by atoms with van der Waals surface area (Å²) in [6.45, 7) is 0.518. The van der Waals surface area contributed by atoms with Gasteiger partial charge in [0.05, 0.1) is 17.4 Å². The number of rotatable bonds is 4. The van der Waals surface area contributed by atoms with Crippen molar-refractivity contribution in [1.29, 1.82) is 0 Å². The first-order valence-corrected chi connectivity index (χ1v) is 7.17. The molecule has 0 spiro atoms. The molecule has 1 aromatic carbocycles. The average Bonchev–Trinajstić information content (AvgIpc) is 2.89. The first kappa shape index (κ1) is 14.2. The average molecular weight is 299 g/mol. The van der Waals surface area contributed by atoms with Crippen LogP contribution in [0.1, 0.15) is 18.4 Å². The number of imidazole rings is 1. The van der Waals surface area contributed by atoms with E-state index in [1.54, 1.807) is 6.33 Å². The third-order valence-electron chi connectivity index (χ3n) is 3.66. The quantitative estimate of drug-likeness (QED) is 0.861. The Kier molecular flexibility index (Phi) is 3.86. The molecule has 2 aromatic rings. The minimum Gasteiger partial charge on any atom is -0.351 e. The number of hydrogen-bond acceptors (Lipinski definition) is 4. The summed E-state index contributed by atoms with van der Waals surface area (Å²) in [4.78, 5) is 27.2. The molecule has 0 radical (unpaired) electrons. The number of hydrogen-bond donors (Lipinski definition) is 2. The third-order valence-corrected chi connectivity index (χ3v) is 3.66. The van der Waals surface area contributed by atoms with E-state index in [1.807, 2.05) is 29.8 Å². The third kappa shape index (κ3) is 2.98. The molecule has 1 aliphatic heterocycles. The van der Waals surface area contributed by atoms with Crippen LogP contribution in [0.5, 0.6) is 0 Å². The van der Waals surface area contributed by atoms with Crippen molar-refractivity contribution in [2.24, 2.45) is 12.1 Å². The number of nitrogens with zero attached hydrogens (tertiary/aromatic N) is 3. The highest BCUT2D eigenvalue weighted by Gasteiger charge is 2.17. The normalized spacial score (nSPS) is 14.6. The lowest BCUT2D eigenvalue weighted by molar-refractivity contribution is -0.121. The predicted octanol–water partition coefficient (Wildman–Crippen LogP) is 0.498. The van der Waals surface area contributed by atoms with Gasteiger partial charge >= 0.3 is 0 Å². The van der Waals surface area contributed by atoms with Gasteiger partial charge in [-0.05, 0) is 24.1 Å². The molecular formula is C15H17N5O2. The van der Waals surface area contributed by atoms with Gasteiger partial charge in [-0.15, -0.1) is 0 Å². The Labute approximate surface area is 127 Å². The number of benzene rings is 1. The van der Waals surface area contributed by atoms with Gasteiger partial charge in [0.2, 0.25) is 5.91 Å². The van der Waals surface area contributed by atoms with Gasteiger partial charge in [-0.1, -0.05) is 6.07 Å². The maximum atomic E-state index is 11.9. The van der Waals surface area contributed by atoms with Crippen molar-refractivity contribution in [3.63, 3.8) is 0 Å². The SMILES string of the molecule is Cn1cnc2cc(CCNC(=O)C3=NNC(=O)CC3)ccc21. The molecule has 1 aromatic heterocycles. The van der Waals surface area contributed by atoms with Crippen molar-refractivity contribution < 1.29 is 9.59 Å². The second-order valence-electron chi connectivity index (χ2n) is 5.28. The first-order valence-electron chi connectivity index (χ1n) is 7.17. The number of aryl methyl sites for hydroxylation is 1. The van der Waals surface area contributed by atoms with E-state index in [-0.39, 0.29) is 11.8 Å². The predicted molar refractivity (Wildman–Crippen MR) is 82.2 cm³/mol. The van der Waals surface area contributed by atoms with Crippen LogP contribution in [0.25, 0.3) is 11.0 Å². The number of hydrazone groups is 1. The van der Waals surface area contributed by atoms with Gasteiger partial charge in [-0.25, -0.2) is 10.4 Å². The van der Waals surface area contributed by atoms with Gasteiger partial charge < -0.3 is 9.88 Å². The van der Waals surface area contributed by atoms with E-state index >= 15 is 0 Å². The molecular weight excluding hydrogens is 282 g/mol. The summed E-state index contributed by atoms with van der Waals surface area (Å²) in [5.74, 6) is -0.376. The molecule has 0 saturated heterocycles. The van der Waals surface area contributed by atoms with Crippen LogP contribution in [-0.2, 0) is 23.1 Å².